The minimum absolute atomic E-state index is 0.297. The lowest BCUT2D eigenvalue weighted by Crippen LogP contribution is -2.32. The van der Waals surface area contributed by atoms with Gasteiger partial charge in [-0.2, -0.15) is 11.8 Å². The number of anilines is 1. The molecule has 1 N–H and O–H groups in total. The molecule has 116 valence electrons. The van der Waals surface area contributed by atoms with Crippen molar-refractivity contribution in [1.82, 2.24) is 19.8 Å². The second-order valence-electron chi connectivity index (χ2n) is 5.99. The predicted octanol–water partition coefficient (Wildman–Crippen LogP) is 1.96. The lowest BCUT2D eigenvalue weighted by molar-refractivity contribution is 0.219. The Balaban J connectivity index is 1.95. The molecule has 1 atom stereocenters. The summed E-state index contributed by atoms with van der Waals surface area (Å²) >= 11 is 1.94. The molecule has 1 aromatic rings. The SMILES string of the molecule is CCNc1nc(C2CN(C)CCCN2C)nc2c1CSC2. The highest BCUT2D eigenvalue weighted by molar-refractivity contribution is 7.98. The van der Waals surface area contributed by atoms with Gasteiger partial charge in [0.05, 0.1) is 11.7 Å². The van der Waals surface area contributed by atoms with Crippen LogP contribution in [0.15, 0.2) is 0 Å². The van der Waals surface area contributed by atoms with E-state index in [-0.39, 0.29) is 0 Å². The lowest BCUT2D eigenvalue weighted by atomic mass is 10.2. The van der Waals surface area contributed by atoms with Crippen molar-refractivity contribution in [3.8, 4) is 0 Å². The van der Waals surface area contributed by atoms with E-state index in [1.165, 1.54) is 17.7 Å². The van der Waals surface area contributed by atoms with Crippen molar-refractivity contribution in [3.05, 3.63) is 17.1 Å². The molecule has 2 aliphatic heterocycles. The third-order valence-corrected chi connectivity index (χ3v) is 5.28. The summed E-state index contributed by atoms with van der Waals surface area (Å²) in [6.45, 7) is 6.31. The maximum atomic E-state index is 4.91. The van der Waals surface area contributed by atoms with Gasteiger partial charge in [-0.1, -0.05) is 0 Å². The zero-order chi connectivity index (χ0) is 14.8. The number of rotatable bonds is 3. The van der Waals surface area contributed by atoms with Gasteiger partial charge in [-0.05, 0) is 40.5 Å². The monoisotopic (exact) mass is 307 g/mol. The molecule has 0 aliphatic carbocycles. The molecule has 0 bridgehead atoms. The first-order valence-electron chi connectivity index (χ1n) is 7.79. The Hall–Kier alpha value is -0.850. The van der Waals surface area contributed by atoms with Crippen LogP contribution in [0, 0.1) is 0 Å². The number of nitrogens with zero attached hydrogens (tertiary/aromatic N) is 4. The van der Waals surface area contributed by atoms with Crippen LogP contribution in [0.1, 0.15) is 36.5 Å². The third kappa shape index (κ3) is 3.17. The summed E-state index contributed by atoms with van der Waals surface area (Å²) in [5, 5.41) is 3.43. The highest BCUT2D eigenvalue weighted by atomic mass is 32.2. The Morgan fingerprint density at radius 3 is 2.90 bits per heavy atom. The predicted molar refractivity (Wildman–Crippen MR) is 88.7 cm³/mol. The Morgan fingerprint density at radius 1 is 1.24 bits per heavy atom. The highest BCUT2D eigenvalue weighted by Crippen LogP contribution is 2.34. The van der Waals surface area contributed by atoms with Crippen LogP contribution in [-0.2, 0) is 11.5 Å². The van der Waals surface area contributed by atoms with Gasteiger partial charge >= 0.3 is 0 Å². The number of thioether (sulfide) groups is 1. The molecule has 1 fully saturated rings. The Bertz CT molecular complexity index is 507. The van der Waals surface area contributed by atoms with Crippen molar-refractivity contribution in [2.24, 2.45) is 0 Å². The summed E-state index contributed by atoms with van der Waals surface area (Å²) in [5.74, 6) is 4.11. The quantitative estimate of drug-likeness (QED) is 0.921. The van der Waals surface area contributed by atoms with Gasteiger partial charge in [0, 0.05) is 30.2 Å². The first kappa shape index (κ1) is 15.1. The smallest absolute Gasteiger partial charge is 0.149 e. The van der Waals surface area contributed by atoms with Crippen molar-refractivity contribution in [3.63, 3.8) is 0 Å². The van der Waals surface area contributed by atoms with Gasteiger partial charge < -0.3 is 10.2 Å². The van der Waals surface area contributed by atoms with Crippen LogP contribution in [0.25, 0.3) is 0 Å². The molecule has 1 aromatic heterocycles. The van der Waals surface area contributed by atoms with E-state index in [1.807, 2.05) is 11.8 Å². The van der Waals surface area contributed by atoms with E-state index < -0.39 is 0 Å². The fourth-order valence-corrected chi connectivity index (χ4v) is 4.13. The molecule has 5 nitrogen and oxygen atoms in total. The van der Waals surface area contributed by atoms with Crippen LogP contribution >= 0.6 is 11.8 Å². The van der Waals surface area contributed by atoms with E-state index in [2.05, 4.69) is 36.1 Å². The number of hydrogen-bond acceptors (Lipinski definition) is 6. The minimum Gasteiger partial charge on any atom is -0.370 e. The largest absolute Gasteiger partial charge is 0.370 e. The Kier molecular flexibility index (Phi) is 4.66. The van der Waals surface area contributed by atoms with Crippen LogP contribution in [0.2, 0.25) is 0 Å². The van der Waals surface area contributed by atoms with Crippen LogP contribution in [-0.4, -0.2) is 60.0 Å². The van der Waals surface area contributed by atoms with Crippen molar-refractivity contribution >= 4 is 17.6 Å². The maximum absolute atomic E-state index is 4.91. The molecule has 0 spiro atoms. The molecule has 0 radical (unpaired) electrons. The van der Waals surface area contributed by atoms with E-state index in [9.17, 15) is 0 Å². The zero-order valence-corrected chi connectivity index (χ0v) is 14.0. The second kappa shape index (κ2) is 6.50. The molecule has 0 amide bonds. The number of aromatic nitrogens is 2. The summed E-state index contributed by atoms with van der Waals surface area (Å²) < 4.78 is 0. The summed E-state index contributed by atoms with van der Waals surface area (Å²) in [5.41, 5.74) is 2.55. The van der Waals surface area contributed by atoms with E-state index in [0.29, 0.717) is 6.04 Å². The van der Waals surface area contributed by atoms with Gasteiger partial charge in [0.2, 0.25) is 0 Å². The lowest BCUT2D eigenvalue weighted by Gasteiger charge is -2.27. The maximum Gasteiger partial charge on any atom is 0.149 e. The Morgan fingerprint density at radius 2 is 2.10 bits per heavy atom. The minimum atomic E-state index is 0.297. The number of nitrogens with one attached hydrogen (secondary N) is 1. The van der Waals surface area contributed by atoms with Crippen LogP contribution in [0.4, 0.5) is 5.82 Å². The van der Waals surface area contributed by atoms with Gasteiger partial charge in [-0.3, -0.25) is 4.90 Å². The zero-order valence-electron chi connectivity index (χ0n) is 13.2. The van der Waals surface area contributed by atoms with E-state index in [4.69, 9.17) is 9.97 Å². The standard InChI is InChI=1S/C15H25N5S/c1-4-16-14-11-9-21-10-12(11)17-15(18-14)13-8-19(2)6-5-7-20(13)3/h13H,4-10H2,1-3H3,(H,16,17,18). The topological polar surface area (TPSA) is 44.3 Å². The van der Waals surface area contributed by atoms with Gasteiger partial charge in [-0.15, -0.1) is 0 Å². The normalized spacial score (nSPS) is 23.9. The average molecular weight is 307 g/mol. The fourth-order valence-electron chi connectivity index (χ4n) is 3.08. The summed E-state index contributed by atoms with van der Waals surface area (Å²) in [6.07, 6.45) is 1.21. The van der Waals surface area contributed by atoms with Crippen LogP contribution in [0.5, 0.6) is 0 Å². The number of likely N-dealkylation sites (N-methyl/N-ethyl adjacent to an activating group) is 2. The molecule has 3 rings (SSSR count). The highest BCUT2D eigenvalue weighted by Gasteiger charge is 2.27. The summed E-state index contributed by atoms with van der Waals surface area (Å²) in [7, 11) is 4.39. The molecular weight excluding hydrogens is 282 g/mol. The number of fused-ring (bicyclic) bond motifs is 1. The molecule has 21 heavy (non-hydrogen) atoms. The number of hydrogen-bond donors (Lipinski definition) is 1. The molecule has 0 saturated carbocycles. The van der Waals surface area contributed by atoms with E-state index >= 15 is 0 Å². The van der Waals surface area contributed by atoms with Crippen LogP contribution < -0.4 is 5.32 Å². The van der Waals surface area contributed by atoms with Gasteiger partial charge in [0.15, 0.2) is 0 Å². The third-order valence-electron chi connectivity index (χ3n) is 4.30. The molecule has 0 aromatic carbocycles. The van der Waals surface area contributed by atoms with Crippen molar-refractivity contribution < 1.29 is 0 Å². The van der Waals surface area contributed by atoms with E-state index in [1.54, 1.807) is 0 Å². The van der Waals surface area contributed by atoms with Crippen molar-refractivity contribution in [1.29, 1.82) is 0 Å². The second-order valence-corrected chi connectivity index (χ2v) is 6.98. The first-order chi connectivity index (χ1) is 10.2. The summed E-state index contributed by atoms with van der Waals surface area (Å²) in [4.78, 5) is 14.6. The molecule has 6 heteroatoms. The molecule has 2 aliphatic rings. The van der Waals surface area contributed by atoms with Gasteiger partial charge in [-0.25, -0.2) is 9.97 Å². The van der Waals surface area contributed by atoms with Crippen molar-refractivity contribution in [2.45, 2.75) is 30.9 Å². The summed E-state index contributed by atoms with van der Waals surface area (Å²) in [6, 6.07) is 0.297. The Labute approximate surface area is 131 Å². The molecular formula is C15H25N5S. The van der Waals surface area contributed by atoms with Crippen LogP contribution in [0.3, 0.4) is 0 Å². The van der Waals surface area contributed by atoms with Gasteiger partial charge in [0.1, 0.15) is 11.6 Å². The first-order valence-corrected chi connectivity index (χ1v) is 8.94. The van der Waals surface area contributed by atoms with Gasteiger partial charge in [0.25, 0.3) is 0 Å². The molecule has 3 heterocycles. The fraction of sp³-hybridized carbons (Fsp3) is 0.733. The van der Waals surface area contributed by atoms with E-state index in [0.717, 1.165) is 49.3 Å². The molecule has 1 saturated heterocycles. The average Bonchev–Trinajstić information content (AvgIpc) is 2.86. The molecule has 1 unspecified atom stereocenters. The van der Waals surface area contributed by atoms with Crippen molar-refractivity contribution in [2.75, 3.05) is 45.6 Å².